The molecule has 0 aliphatic carbocycles. The minimum Gasteiger partial charge on any atom is -0.502 e. The zero-order valence-corrected chi connectivity index (χ0v) is 10.8. The molecule has 1 heterocycles. The lowest BCUT2D eigenvalue weighted by molar-refractivity contribution is -0.135. The number of allylic oxidation sites excluding steroid dienone is 1. The third-order valence-corrected chi connectivity index (χ3v) is 2.82. The lowest BCUT2D eigenvalue weighted by Crippen LogP contribution is -2.03. The fourth-order valence-electron chi connectivity index (χ4n) is 1.78. The van der Waals surface area contributed by atoms with Crippen LogP contribution in [0.15, 0.2) is 48.4 Å². The maximum absolute atomic E-state index is 12.8. The predicted molar refractivity (Wildman–Crippen MR) is 72.7 cm³/mol. The highest BCUT2D eigenvalue weighted by molar-refractivity contribution is 6.07. The Balaban J connectivity index is 2.11. The summed E-state index contributed by atoms with van der Waals surface area (Å²) in [5.41, 5.74) is 1.81. The van der Waals surface area contributed by atoms with Crippen LogP contribution in [0.2, 0.25) is 0 Å². The molecule has 108 valence electrons. The van der Waals surface area contributed by atoms with Gasteiger partial charge in [-0.15, -0.1) is 0 Å². The van der Waals surface area contributed by atoms with Crippen molar-refractivity contribution in [2.45, 2.75) is 6.42 Å². The van der Waals surface area contributed by atoms with E-state index >= 15 is 0 Å². The van der Waals surface area contributed by atoms with Gasteiger partial charge in [0.05, 0.1) is 0 Å². The molecule has 5 nitrogen and oxygen atoms in total. The fraction of sp³-hybridized carbons (Fsp3) is 0.0667. The second kappa shape index (κ2) is 6.04. The van der Waals surface area contributed by atoms with Gasteiger partial charge >= 0.3 is 5.97 Å². The third-order valence-electron chi connectivity index (χ3n) is 2.82. The first-order valence-electron chi connectivity index (χ1n) is 6.05. The highest BCUT2D eigenvalue weighted by Crippen LogP contribution is 2.12. The van der Waals surface area contributed by atoms with Crippen molar-refractivity contribution in [2.24, 2.45) is 0 Å². The number of aliphatic carboxylic acids is 1. The first-order chi connectivity index (χ1) is 9.95. The van der Waals surface area contributed by atoms with E-state index in [9.17, 15) is 14.0 Å². The van der Waals surface area contributed by atoms with E-state index in [-0.39, 0.29) is 11.4 Å². The first kappa shape index (κ1) is 14.5. The highest BCUT2D eigenvalue weighted by Gasteiger charge is 2.11. The molecule has 2 rings (SSSR count). The summed E-state index contributed by atoms with van der Waals surface area (Å²) in [6.07, 6.45) is 2.54. The number of aromatic nitrogens is 1. The van der Waals surface area contributed by atoms with Gasteiger partial charge in [-0.05, 0) is 23.8 Å². The molecule has 21 heavy (non-hydrogen) atoms. The Morgan fingerprint density at radius 2 is 1.86 bits per heavy atom. The number of aliphatic hydroxyl groups is 1. The van der Waals surface area contributed by atoms with Gasteiger partial charge < -0.3 is 15.2 Å². The number of hydrogen-bond acceptors (Lipinski definition) is 3. The van der Waals surface area contributed by atoms with Crippen LogP contribution in [-0.4, -0.2) is 26.9 Å². The molecule has 0 aliphatic heterocycles. The van der Waals surface area contributed by atoms with Crippen LogP contribution in [0.1, 0.15) is 21.6 Å². The maximum atomic E-state index is 12.8. The van der Waals surface area contributed by atoms with Gasteiger partial charge in [0.2, 0.25) is 5.76 Å². The number of rotatable bonds is 5. The number of carboxylic acids is 1. The van der Waals surface area contributed by atoms with Crippen LogP contribution in [0, 0.1) is 5.82 Å². The van der Waals surface area contributed by atoms with Gasteiger partial charge in [0.25, 0.3) is 0 Å². The number of hydrogen-bond donors (Lipinski definition) is 3. The van der Waals surface area contributed by atoms with Gasteiger partial charge in [-0.3, -0.25) is 4.79 Å². The average Bonchev–Trinajstić information content (AvgIpc) is 2.90. The monoisotopic (exact) mass is 289 g/mol. The number of ketones is 1. The average molecular weight is 289 g/mol. The topological polar surface area (TPSA) is 90.4 Å². The van der Waals surface area contributed by atoms with Crippen molar-refractivity contribution >= 4 is 11.8 Å². The lowest BCUT2D eigenvalue weighted by Gasteiger charge is -1.98. The largest absolute Gasteiger partial charge is 0.502 e. The number of benzene rings is 1. The number of H-pyrrole nitrogens is 1. The van der Waals surface area contributed by atoms with Crippen LogP contribution in [0.4, 0.5) is 4.39 Å². The molecule has 1 aromatic heterocycles. The first-order valence-corrected chi connectivity index (χ1v) is 6.05. The Kier molecular flexibility index (Phi) is 4.18. The van der Waals surface area contributed by atoms with Crippen LogP contribution >= 0.6 is 0 Å². The summed E-state index contributed by atoms with van der Waals surface area (Å²) in [5.74, 6) is -3.52. The minimum atomic E-state index is -1.56. The Morgan fingerprint density at radius 1 is 1.19 bits per heavy atom. The van der Waals surface area contributed by atoms with Gasteiger partial charge in [-0.2, -0.15) is 0 Å². The summed E-state index contributed by atoms with van der Waals surface area (Å²) < 4.78 is 12.8. The highest BCUT2D eigenvalue weighted by atomic mass is 19.1. The number of aliphatic hydroxyl groups excluding tert-OH is 1. The minimum absolute atomic E-state index is 0.236. The van der Waals surface area contributed by atoms with E-state index in [0.29, 0.717) is 18.2 Å². The summed E-state index contributed by atoms with van der Waals surface area (Å²) in [7, 11) is 0. The van der Waals surface area contributed by atoms with Crippen LogP contribution in [0.25, 0.3) is 0 Å². The normalized spacial score (nSPS) is 11.4. The smallest absolute Gasteiger partial charge is 0.371 e. The van der Waals surface area contributed by atoms with Crippen molar-refractivity contribution in [1.29, 1.82) is 0 Å². The van der Waals surface area contributed by atoms with Gasteiger partial charge in [-0.25, -0.2) is 9.18 Å². The van der Waals surface area contributed by atoms with Crippen LogP contribution in [0.3, 0.4) is 0 Å². The van der Waals surface area contributed by atoms with Crippen molar-refractivity contribution in [3.63, 3.8) is 0 Å². The number of carbonyl (C=O) groups excluding carboxylic acids is 1. The summed E-state index contributed by atoms with van der Waals surface area (Å²) in [6, 6.07) is 7.51. The van der Waals surface area contributed by atoms with Gasteiger partial charge in [-0.1, -0.05) is 12.1 Å². The number of halogens is 1. The van der Waals surface area contributed by atoms with Crippen LogP contribution in [-0.2, 0) is 11.2 Å². The molecule has 0 radical (unpaired) electrons. The molecule has 0 aliphatic rings. The molecule has 0 saturated heterocycles. The Bertz CT molecular complexity index is 701. The predicted octanol–water partition coefficient (Wildman–Crippen LogP) is 2.45. The molecule has 0 fully saturated rings. The third kappa shape index (κ3) is 3.79. The van der Waals surface area contributed by atoms with Crippen molar-refractivity contribution in [3.05, 3.63) is 71.0 Å². The van der Waals surface area contributed by atoms with Crippen molar-refractivity contribution < 1.29 is 24.2 Å². The maximum Gasteiger partial charge on any atom is 0.371 e. The fourth-order valence-corrected chi connectivity index (χ4v) is 1.78. The van der Waals surface area contributed by atoms with E-state index < -0.39 is 17.5 Å². The van der Waals surface area contributed by atoms with E-state index in [2.05, 4.69) is 4.98 Å². The lowest BCUT2D eigenvalue weighted by atomic mass is 10.1. The van der Waals surface area contributed by atoms with Gasteiger partial charge in [0.1, 0.15) is 5.82 Å². The Labute approximate surface area is 119 Å². The van der Waals surface area contributed by atoms with E-state index in [4.69, 9.17) is 10.2 Å². The Morgan fingerprint density at radius 3 is 2.48 bits per heavy atom. The van der Waals surface area contributed by atoms with Crippen LogP contribution < -0.4 is 0 Å². The molecule has 0 amide bonds. The number of nitrogens with one attached hydrogen (secondary N) is 1. The molecular formula is C15H12FNO4. The quantitative estimate of drug-likeness (QED) is 0.448. The second-order valence-electron chi connectivity index (χ2n) is 4.42. The molecule has 0 spiro atoms. The second-order valence-corrected chi connectivity index (χ2v) is 4.42. The number of carboxylic acid groups (broad SMARTS) is 1. The van der Waals surface area contributed by atoms with Gasteiger partial charge in [0.15, 0.2) is 5.78 Å². The van der Waals surface area contributed by atoms with Crippen molar-refractivity contribution in [3.8, 4) is 0 Å². The summed E-state index contributed by atoms with van der Waals surface area (Å²) in [4.78, 5) is 25.0. The molecule has 6 heteroatoms. The van der Waals surface area contributed by atoms with E-state index in [0.717, 1.165) is 5.56 Å². The molecular weight excluding hydrogens is 277 g/mol. The zero-order valence-electron chi connectivity index (χ0n) is 10.8. The standard InChI is InChI=1S/C15H12FNO4/c16-11-3-1-9(2-4-11)5-12-6-10(8-17-12)13(18)7-14(19)15(20)21/h1-4,6-8,17,19H,5H2,(H,20,21)/b14-7-. The van der Waals surface area contributed by atoms with E-state index in [1.165, 1.54) is 18.3 Å². The molecule has 0 unspecified atom stereocenters. The Hall–Kier alpha value is -2.89. The van der Waals surface area contributed by atoms with Gasteiger partial charge in [0, 0.05) is 30.0 Å². The molecule has 0 saturated carbocycles. The molecule has 0 atom stereocenters. The van der Waals surface area contributed by atoms with Crippen molar-refractivity contribution in [2.75, 3.05) is 0 Å². The SMILES string of the molecule is O=C(O)/C(O)=C/C(=O)c1c[nH]c(Cc2ccc(F)cc2)c1. The number of aromatic amines is 1. The van der Waals surface area contributed by atoms with Crippen LogP contribution in [0.5, 0.6) is 0 Å². The summed E-state index contributed by atoms with van der Waals surface area (Å²) in [6.45, 7) is 0. The van der Waals surface area contributed by atoms with Crippen molar-refractivity contribution in [1.82, 2.24) is 4.98 Å². The molecule has 0 bridgehead atoms. The summed E-state index contributed by atoms with van der Waals surface area (Å²) in [5, 5.41) is 17.5. The molecule has 3 N–H and O–H groups in total. The van der Waals surface area contributed by atoms with E-state index in [1.807, 2.05) is 0 Å². The number of carbonyl (C=O) groups is 2. The zero-order chi connectivity index (χ0) is 15.4. The molecule has 1 aromatic carbocycles. The van der Waals surface area contributed by atoms with E-state index in [1.54, 1.807) is 18.2 Å². The summed E-state index contributed by atoms with van der Waals surface area (Å²) >= 11 is 0. The molecule has 2 aromatic rings.